The van der Waals surface area contributed by atoms with E-state index in [0.29, 0.717) is 11.1 Å². The van der Waals surface area contributed by atoms with Crippen molar-refractivity contribution in [3.8, 4) is 0 Å². The van der Waals surface area contributed by atoms with Crippen LogP contribution >= 0.6 is 11.6 Å². The fourth-order valence-electron chi connectivity index (χ4n) is 3.48. The van der Waals surface area contributed by atoms with Crippen LogP contribution in [0.4, 0.5) is 5.82 Å². The number of aromatic nitrogens is 2. The standard InChI is InChI=1S/C14H21ClN4/c1-11-9-18(14-13(15)8-16-10-17-14)6-7-19(11)12-4-2-3-5-12/h8,10-12H,2-7,9H2,1H3. The molecule has 19 heavy (non-hydrogen) atoms. The van der Waals surface area contributed by atoms with Gasteiger partial charge in [-0.1, -0.05) is 24.4 Å². The Hall–Kier alpha value is -0.870. The van der Waals surface area contributed by atoms with Crippen LogP contribution in [0.2, 0.25) is 5.02 Å². The van der Waals surface area contributed by atoms with Crippen molar-refractivity contribution in [3.05, 3.63) is 17.5 Å². The second kappa shape index (κ2) is 5.63. The maximum atomic E-state index is 6.19. The second-order valence-electron chi connectivity index (χ2n) is 5.67. The first-order valence-corrected chi connectivity index (χ1v) is 7.59. The molecule has 0 amide bonds. The predicted octanol–water partition coefficient (Wildman–Crippen LogP) is 2.58. The minimum absolute atomic E-state index is 0.572. The maximum Gasteiger partial charge on any atom is 0.150 e. The van der Waals surface area contributed by atoms with Gasteiger partial charge in [0.05, 0.1) is 6.20 Å². The van der Waals surface area contributed by atoms with Gasteiger partial charge in [-0.2, -0.15) is 0 Å². The van der Waals surface area contributed by atoms with Crippen molar-refractivity contribution in [2.24, 2.45) is 0 Å². The quantitative estimate of drug-likeness (QED) is 0.833. The number of piperazine rings is 1. The van der Waals surface area contributed by atoms with Gasteiger partial charge in [-0.05, 0) is 19.8 Å². The summed E-state index contributed by atoms with van der Waals surface area (Å²) in [4.78, 5) is 13.3. The zero-order chi connectivity index (χ0) is 13.2. The number of nitrogens with zero attached hydrogens (tertiary/aromatic N) is 4. The number of halogens is 1. The molecule has 1 aliphatic heterocycles. The molecule has 0 bridgehead atoms. The van der Waals surface area contributed by atoms with Crippen molar-refractivity contribution in [2.75, 3.05) is 24.5 Å². The topological polar surface area (TPSA) is 32.3 Å². The summed E-state index contributed by atoms with van der Waals surface area (Å²) in [7, 11) is 0. The van der Waals surface area contributed by atoms with Gasteiger partial charge in [-0.25, -0.2) is 9.97 Å². The Morgan fingerprint density at radius 1 is 1.26 bits per heavy atom. The average Bonchev–Trinajstić information content (AvgIpc) is 2.93. The summed E-state index contributed by atoms with van der Waals surface area (Å²) in [5.74, 6) is 0.884. The van der Waals surface area contributed by atoms with Gasteiger partial charge in [-0.15, -0.1) is 0 Å². The normalized spacial score (nSPS) is 26.0. The molecule has 4 nitrogen and oxygen atoms in total. The Bertz CT molecular complexity index is 433. The number of hydrogen-bond acceptors (Lipinski definition) is 4. The van der Waals surface area contributed by atoms with E-state index in [1.165, 1.54) is 25.7 Å². The van der Waals surface area contributed by atoms with E-state index in [1.54, 1.807) is 12.5 Å². The minimum atomic E-state index is 0.572. The van der Waals surface area contributed by atoms with Gasteiger partial charge in [0.25, 0.3) is 0 Å². The van der Waals surface area contributed by atoms with E-state index in [2.05, 4.69) is 26.7 Å². The van der Waals surface area contributed by atoms with E-state index in [0.717, 1.165) is 31.5 Å². The van der Waals surface area contributed by atoms with E-state index in [4.69, 9.17) is 11.6 Å². The molecule has 1 aliphatic carbocycles. The molecule has 5 heteroatoms. The average molecular weight is 281 g/mol. The van der Waals surface area contributed by atoms with Gasteiger partial charge in [0.2, 0.25) is 0 Å². The van der Waals surface area contributed by atoms with E-state index in [-0.39, 0.29) is 0 Å². The van der Waals surface area contributed by atoms with Gasteiger partial charge in [0.15, 0.2) is 5.82 Å². The first-order valence-electron chi connectivity index (χ1n) is 7.22. The van der Waals surface area contributed by atoms with Gasteiger partial charge >= 0.3 is 0 Å². The number of hydrogen-bond donors (Lipinski definition) is 0. The van der Waals surface area contributed by atoms with Gasteiger partial charge in [0, 0.05) is 31.7 Å². The monoisotopic (exact) mass is 280 g/mol. The third kappa shape index (κ3) is 2.70. The van der Waals surface area contributed by atoms with Crippen LogP contribution in [0, 0.1) is 0 Å². The van der Waals surface area contributed by atoms with Crippen molar-refractivity contribution >= 4 is 17.4 Å². The lowest BCUT2D eigenvalue weighted by Crippen LogP contribution is -2.55. The van der Waals surface area contributed by atoms with Crippen LogP contribution in [0.3, 0.4) is 0 Å². The molecule has 2 aliphatic rings. The summed E-state index contributed by atoms with van der Waals surface area (Å²) in [6, 6.07) is 1.38. The minimum Gasteiger partial charge on any atom is -0.352 e. The first kappa shape index (κ1) is 13.1. The molecular weight excluding hydrogens is 260 g/mol. The molecule has 2 fully saturated rings. The predicted molar refractivity (Wildman–Crippen MR) is 77.7 cm³/mol. The Labute approximate surface area is 119 Å². The molecule has 104 valence electrons. The summed E-state index contributed by atoms with van der Waals surface area (Å²) < 4.78 is 0. The third-order valence-electron chi connectivity index (χ3n) is 4.42. The molecule has 0 N–H and O–H groups in total. The van der Waals surface area contributed by atoms with Crippen LogP contribution in [0.15, 0.2) is 12.5 Å². The van der Waals surface area contributed by atoms with Crippen molar-refractivity contribution in [3.63, 3.8) is 0 Å². The molecule has 0 aromatic carbocycles. The summed E-state index contributed by atoms with van der Waals surface area (Å²) in [5.41, 5.74) is 0. The lowest BCUT2D eigenvalue weighted by Gasteiger charge is -2.43. The Morgan fingerprint density at radius 2 is 2.05 bits per heavy atom. The molecular formula is C14H21ClN4. The summed E-state index contributed by atoms with van der Waals surface area (Å²) >= 11 is 6.19. The van der Waals surface area contributed by atoms with Crippen LogP contribution in [-0.4, -0.2) is 46.6 Å². The van der Waals surface area contributed by atoms with E-state index in [9.17, 15) is 0 Å². The van der Waals surface area contributed by atoms with Gasteiger partial charge in [0.1, 0.15) is 11.3 Å². The Morgan fingerprint density at radius 3 is 2.74 bits per heavy atom. The van der Waals surface area contributed by atoms with Crippen LogP contribution in [0.25, 0.3) is 0 Å². The molecule has 1 aromatic heterocycles. The van der Waals surface area contributed by atoms with Gasteiger partial charge < -0.3 is 4.90 Å². The lowest BCUT2D eigenvalue weighted by molar-refractivity contribution is 0.130. The summed E-state index contributed by atoms with van der Waals surface area (Å²) in [6.45, 7) is 5.45. The number of rotatable bonds is 2. The SMILES string of the molecule is CC1CN(c2ncncc2Cl)CCN1C1CCCC1. The Balaban J connectivity index is 1.68. The molecule has 1 saturated heterocycles. The molecule has 1 aromatic rings. The van der Waals surface area contributed by atoms with Crippen molar-refractivity contribution in [2.45, 2.75) is 44.7 Å². The molecule has 0 spiro atoms. The van der Waals surface area contributed by atoms with E-state index in [1.807, 2.05) is 0 Å². The molecule has 0 radical (unpaired) electrons. The number of anilines is 1. The van der Waals surface area contributed by atoms with Crippen molar-refractivity contribution in [1.82, 2.24) is 14.9 Å². The highest BCUT2D eigenvalue weighted by Gasteiger charge is 2.31. The van der Waals surface area contributed by atoms with E-state index >= 15 is 0 Å². The van der Waals surface area contributed by atoms with Crippen molar-refractivity contribution < 1.29 is 0 Å². The molecule has 2 heterocycles. The molecule has 3 rings (SSSR count). The maximum absolute atomic E-state index is 6.19. The van der Waals surface area contributed by atoms with Crippen LogP contribution in [0.1, 0.15) is 32.6 Å². The molecule has 1 unspecified atom stereocenters. The Kier molecular flexibility index (Phi) is 3.89. The largest absolute Gasteiger partial charge is 0.352 e. The summed E-state index contributed by atoms with van der Waals surface area (Å²) in [6.07, 6.45) is 8.80. The molecule has 1 atom stereocenters. The first-order chi connectivity index (χ1) is 9.25. The summed E-state index contributed by atoms with van der Waals surface area (Å²) in [5, 5.41) is 0.656. The second-order valence-corrected chi connectivity index (χ2v) is 6.07. The highest BCUT2D eigenvalue weighted by atomic mass is 35.5. The fraction of sp³-hybridized carbons (Fsp3) is 0.714. The zero-order valence-electron chi connectivity index (χ0n) is 11.4. The molecule has 1 saturated carbocycles. The van der Waals surface area contributed by atoms with Crippen LogP contribution < -0.4 is 4.90 Å². The zero-order valence-corrected chi connectivity index (χ0v) is 12.2. The lowest BCUT2D eigenvalue weighted by atomic mass is 10.1. The highest BCUT2D eigenvalue weighted by molar-refractivity contribution is 6.32. The van der Waals surface area contributed by atoms with E-state index < -0.39 is 0 Å². The van der Waals surface area contributed by atoms with Crippen LogP contribution in [-0.2, 0) is 0 Å². The van der Waals surface area contributed by atoms with Gasteiger partial charge in [-0.3, -0.25) is 4.90 Å². The van der Waals surface area contributed by atoms with Crippen molar-refractivity contribution in [1.29, 1.82) is 0 Å². The third-order valence-corrected chi connectivity index (χ3v) is 4.69. The smallest absolute Gasteiger partial charge is 0.150 e. The van der Waals surface area contributed by atoms with Crippen LogP contribution in [0.5, 0.6) is 0 Å². The highest BCUT2D eigenvalue weighted by Crippen LogP contribution is 2.29. The fourth-order valence-corrected chi connectivity index (χ4v) is 3.71.